The Hall–Kier alpha value is -5.83. The molecule has 4 aromatic carbocycles. The Bertz CT molecular complexity index is 1680. The highest BCUT2D eigenvalue weighted by Crippen LogP contribution is 2.35. The first-order chi connectivity index (χ1) is 21.3. The molecule has 0 aromatic heterocycles. The van der Waals surface area contributed by atoms with E-state index in [9.17, 15) is 14.4 Å². The van der Waals surface area contributed by atoms with Gasteiger partial charge in [0.15, 0.2) is 17.3 Å². The van der Waals surface area contributed by atoms with Gasteiger partial charge in [-0.05, 0) is 78.4 Å². The van der Waals surface area contributed by atoms with E-state index in [0.29, 0.717) is 50.9 Å². The quantitative estimate of drug-likeness (QED) is 0.153. The highest BCUT2D eigenvalue weighted by molar-refractivity contribution is 6.11. The first-order valence-electron chi connectivity index (χ1n) is 13.5. The molecule has 0 unspecified atom stereocenters. The molecule has 0 aliphatic carbocycles. The second-order valence-electron chi connectivity index (χ2n) is 9.33. The molecule has 0 bridgehead atoms. The number of benzene rings is 4. The Labute approximate surface area is 255 Å². The van der Waals surface area contributed by atoms with Crippen LogP contribution in [0.2, 0.25) is 0 Å². The highest BCUT2D eigenvalue weighted by Gasteiger charge is 2.16. The van der Waals surface area contributed by atoms with Crippen LogP contribution in [0.4, 0.5) is 5.69 Å². The van der Waals surface area contributed by atoms with Crippen molar-refractivity contribution in [3.05, 3.63) is 125 Å². The molecule has 44 heavy (non-hydrogen) atoms. The lowest BCUT2D eigenvalue weighted by Gasteiger charge is -2.12. The molecule has 0 spiro atoms. The summed E-state index contributed by atoms with van der Waals surface area (Å²) in [5.41, 5.74) is 2.61. The van der Waals surface area contributed by atoms with Crippen molar-refractivity contribution >= 4 is 35.4 Å². The minimum absolute atomic E-state index is 0.0379. The number of hydrogen-bond donors (Lipinski definition) is 2. The molecule has 0 fully saturated rings. The average molecular weight is 593 g/mol. The molecule has 0 aliphatic rings. The Balaban J connectivity index is 1.50. The molecule has 4 aromatic rings. The molecule has 0 radical (unpaired) electrons. The fourth-order valence-corrected chi connectivity index (χ4v) is 4.17. The standard InChI is InChI=1S/C35H32N2O7/c1-41-28-17-10-23(11-18-28)20-29(37-34(39)25-8-6-5-7-9-25)35(40)36-27-15-12-24(13-16-27)30(38)19-14-26-21-32(43-3)33(44-4)22-31(26)42-2/h5-22H,1-4H3,(H,36,40)(H,37,39)/b19-14+,29-20-. The zero-order chi connectivity index (χ0) is 31.5. The van der Waals surface area contributed by atoms with Crippen molar-refractivity contribution in [3.63, 3.8) is 0 Å². The van der Waals surface area contributed by atoms with E-state index in [1.807, 2.05) is 0 Å². The second kappa shape index (κ2) is 14.9. The summed E-state index contributed by atoms with van der Waals surface area (Å²) in [4.78, 5) is 39.1. The Morgan fingerprint density at radius 1 is 0.659 bits per heavy atom. The fraction of sp³-hybridized carbons (Fsp3) is 0.114. The summed E-state index contributed by atoms with van der Waals surface area (Å²) < 4.78 is 21.3. The summed E-state index contributed by atoms with van der Waals surface area (Å²) in [7, 11) is 6.14. The van der Waals surface area contributed by atoms with E-state index in [2.05, 4.69) is 10.6 Å². The summed E-state index contributed by atoms with van der Waals surface area (Å²) in [5, 5.41) is 5.49. The third-order valence-electron chi connectivity index (χ3n) is 6.53. The van der Waals surface area contributed by atoms with Crippen molar-refractivity contribution in [1.29, 1.82) is 0 Å². The van der Waals surface area contributed by atoms with Crippen LogP contribution < -0.4 is 29.6 Å². The zero-order valence-electron chi connectivity index (χ0n) is 24.8. The monoisotopic (exact) mass is 592 g/mol. The number of amides is 2. The van der Waals surface area contributed by atoms with Gasteiger partial charge < -0.3 is 29.6 Å². The van der Waals surface area contributed by atoms with Crippen LogP contribution in [0, 0.1) is 0 Å². The molecule has 0 aliphatic heterocycles. The third-order valence-corrected chi connectivity index (χ3v) is 6.53. The minimum atomic E-state index is -0.537. The first-order valence-corrected chi connectivity index (χ1v) is 13.5. The number of anilines is 1. The van der Waals surface area contributed by atoms with Gasteiger partial charge in [0, 0.05) is 28.4 Å². The predicted octanol–water partition coefficient (Wildman–Crippen LogP) is 6.03. The van der Waals surface area contributed by atoms with E-state index in [4.69, 9.17) is 18.9 Å². The SMILES string of the molecule is COc1ccc(/C=C(\NC(=O)c2ccccc2)C(=O)Nc2ccc(C(=O)/C=C/c3cc(OC)c(OC)cc3OC)cc2)cc1. The normalized spacial score (nSPS) is 11.0. The van der Waals surface area contributed by atoms with Gasteiger partial charge >= 0.3 is 0 Å². The van der Waals surface area contributed by atoms with Gasteiger partial charge in [-0.1, -0.05) is 30.3 Å². The van der Waals surface area contributed by atoms with Crippen molar-refractivity contribution in [2.45, 2.75) is 0 Å². The molecular formula is C35H32N2O7. The molecule has 0 saturated carbocycles. The number of methoxy groups -OCH3 is 4. The Kier molecular flexibility index (Phi) is 10.5. The molecule has 2 N–H and O–H groups in total. The van der Waals surface area contributed by atoms with Crippen LogP contribution in [0.3, 0.4) is 0 Å². The van der Waals surface area contributed by atoms with E-state index >= 15 is 0 Å². The number of ether oxygens (including phenoxy) is 4. The van der Waals surface area contributed by atoms with Crippen molar-refractivity contribution in [3.8, 4) is 23.0 Å². The van der Waals surface area contributed by atoms with Gasteiger partial charge in [0.2, 0.25) is 0 Å². The summed E-state index contributed by atoms with van der Waals surface area (Å²) in [6.45, 7) is 0. The smallest absolute Gasteiger partial charge is 0.272 e. The molecule has 0 atom stereocenters. The third kappa shape index (κ3) is 7.92. The van der Waals surface area contributed by atoms with E-state index in [1.54, 1.807) is 110 Å². The van der Waals surface area contributed by atoms with E-state index in [0.717, 1.165) is 0 Å². The maximum absolute atomic E-state index is 13.3. The maximum Gasteiger partial charge on any atom is 0.272 e. The summed E-state index contributed by atoms with van der Waals surface area (Å²) >= 11 is 0. The van der Waals surface area contributed by atoms with Crippen LogP contribution in [-0.2, 0) is 4.79 Å². The predicted molar refractivity (Wildman–Crippen MR) is 169 cm³/mol. The Morgan fingerprint density at radius 2 is 1.30 bits per heavy atom. The van der Waals surface area contributed by atoms with Crippen molar-refractivity contribution in [2.24, 2.45) is 0 Å². The van der Waals surface area contributed by atoms with Gasteiger partial charge in [0.1, 0.15) is 17.2 Å². The lowest BCUT2D eigenvalue weighted by molar-refractivity contribution is -0.113. The molecule has 0 saturated heterocycles. The fourth-order valence-electron chi connectivity index (χ4n) is 4.17. The molecule has 0 heterocycles. The average Bonchev–Trinajstić information content (AvgIpc) is 3.07. The Morgan fingerprint density at radius 3 is 1.91 bits per heavy atom. The number of carbonyl (C=O) groups excluding carboxylic acids is 3. The maximum atomic E-state index is 13.3. The minimum Gasteiger partial charge on any atom is -0.497 e. The van der Waals surface area contributed by atoms with Crippen LogP contribution in [0.15, 0.2) is 103 Å². The van der Waals surface area contributed by atoms with E-state index in [1.165, 1.54) is 27.4 Å². The molecule has 9 heteroatoms. The summed E-state index contributed by atoms with van der Waals surface area (Å²) in [6.07, 6.45) is 4.62. The van der Waals surface area contributed by atoms with Gasteiger partial charge in [-0.2, -0.15) is 0 Å². The van der Waals surface area contributed by atoms with Crippen LogP contribution >= 0.6 is 0 Å². The van der Waals surface area contributed by atoms with E-state index < -0.39 is 11.8 Å². The van der Waals surface area contributed by atoms with Gasteiger partial charge in [0.25, 0.3) is 11.8 Å². The molecule has 4 rings (SSSR count). The van der Waals surface area contributed by atoms with Crippen molar-refractivity contribution in [1.82, 2.24) is 5.32 Å². The number of nitrogens with one attached hydrogen (secondary N) is 2. The van der Waals surface area contributed by atoms with Crippen LogP contribution in [0.25, 0.3) is 12.2 Å². The number of rotatable bonds is 12. The summed E-state index contributed by atoms with van der Waals surface area (Å²) in [6, 6.07) is 25.5. The number of carbonyl (C=O) groups is 3. The van der Waals surface area contributed by atoms with Gasteiger partial charge in [-0.3, -0.25) is 14.4 Å². The second-order valence-corrected chi connectivity index (χ2v) is 9.33. The number of ketones is 1. The van der Waals surface area contributed by atoms with E-state index in [-0.39, 0.29) is 11.5 Å². The van der Waals surface area contributed by atoms with Gasteiger partial charge in [-0.15, -0.1) is 0 Å². The molecule has 2 amide bonds. The number of hydrogen-bond acceptors (Lipinski definition) is 7. The molecule has 224 valence electrons. The van der Waals surface area contributed by atoms with Gasteiger partial charge in [-0.25, -0.2) is 0 Å². The van der Waals surface area contributed by atoms with Gasteiger partial charge in [0.05, 0.1) is 28.4 Å². The van der Waals surface area contributed by atoms with Crippen LogP contribution in [0.1, 0.15) is 31.8 Å². The lowest BCUT2D eigenvalue weighted by Crippen LogP contribution is -2.30. The topological polar surface area (TPSA) is 112 Å². The largest absolute Gasteiger partial charge is 0.497 e. The lowest BCUT2D eigenvalue weighted by atomic mass is 10.1. The first kappa shape index (κ1) is 31.1. The molecular weight excluding hydrogens is 560 g/mol. The van der Waals surface area contributed by atoms with Crippen molar-refractivity contribution in [2.75, 3.05) is 33.8 Å². The zero-order valence-corrected chi connectivity index (χ0v) is 24.8. The van der Waals surface area contributed by atoms with Crippen molar-refractivity contribution < 1.29 is 33.3 Å². The number of allylic oxidation sites excluding steroid dienone is 1. The summed E-state index contributed by atoms with van der Waals surface area (Å²) in [5.74, 6) is 0.961. The highest BCUT2D eigenvalue weighted by atomic mass is 16.5. The molecule has 9 nitrogen and oxygen atoms in total. The van der Waals surface area contributed by atoms with Crippen LogP contribution in [0.5, 0.6) is 23.0 Å². The van der Waals surface area contributed by atoms with Crippen LogP contribution in [-0.4, -0.2) is 46.0 Å².